The van der Waals surface area contributed by atoms with Crippen LogP contribution in [0.25, 0.3) is 10.9 Å². The van der Waals surface area contributed by atoms with Gasteiger partial charge in [0.25, 0.3) is 11.5 Å². The van der Waals surface area contributed by atoms with Crippen LogP contribution in [-0.4, -0.2) is 28.7 Å². The smallest absolute Gasteiger partial charge is 0.330 e. The highest BCUT2D eigenvalue weighted by atomic mass is 16.5. The molecule has 28 heavy (non-hydrogen) atoms. The summed E-state index contributed by atoms with van der Waals surface area (Å²) in [6.07, 6.45) is 0. The van der Waals surface area contributed by atoms with Crippen LogP contribution in [0, 0.1) is 0 Å². The number of ether oxygens (including phenoxy) is 2. The maximum absolute atomic E-state index is 12.3. The zero-order valence-electron chi connectivity index (χ0n) is 15.9. The van der Waals surface area contributed by atoms with E-state index in [0.717, 1.165) is 10.1 Å². The molecule has 3 rings (SSSR count). The Balaban J connectivity index is 1.72. The van der Waals surface area contributed by atoms with E-state index in [1.165, 1.54) is 11.6 Å². The van der Waals surface area contributed by atoms with E-state index in [2.05, 4.69) is 5.32 Å². The van der Waals surface area contributed by atoms with Crippen molar-refractivity contribution in [3.8, 4) is 11.5 Å². The van der Waals surface area contributed by atoms with Crippen LogP contribution in [0.4, 0.5) is 0 Å². The predicted octanol–water partition coefficient (Wildman–Crippen LogP) is 0.941. The average Bonchev–Trinajstić information content (AvgIpc) is 2.73. The number of nitrogens with zero attached hydrogens (tertiary/aromatic N) is 2. The molecular formula is C20H21N3O5. The third-order valence-electron chi connectivity index (χ3n) is 4.42. The molecule has 0 aliphatic rings. The van der Waals surface area contributed by atoms with E-state index in [4.69, 9.17) is 9.47 Å². The topological polar surface area (TPSA) is 91.6 Å². The van der Waals surface area contributed by atoms with Crippen molar-refractivity contribution >= 4 is 16.8 Å². The molecule has 8 nitrogen and oxygen atoms in total. The summed E-state index contributed by atoms with van der Waals surface area (Å²) in [4.78, 5) is 35.5. The Labute approximate surface area is 160 Å². The van der Waals surface area contributed by atoms with Gasteiger partial charge in [-0.2, -0.15) is 0 Å². The number of aromatic nitrogens is 2. The molecule has 8 heteroatoms. The summed E-state index contributed by atoms with van der Waals surface area (Å²) in [6.45, 7) is 0.258. The second-order valence-corrected chi connectivity index (χ2v) is 6.28. The molecule has 2 aromatic carbocycles. The Bertz CT molecular complexity index is 1130. The van der Waals surface area contributed by atoms with Gasteiger partial charge >= 0.3 is 5.69 Å². The van der Waals surface area contributed by atoms with E-state index in [1.807, 2.05) is 12.1 Å². The number of carbonyl (C=O) groups is 1. The number of carbonyl (C=O) groups excluding carboxylic acids is 1. The first kappa shape index (κ1) is 19.2. The number of nitrogens with one attached hydrogen (secondary N) is 1. The summed E-state index contributed by atoms with van der Waals surface area (Å²) in [6, 6.07) is 12.2. The molecule has 1 amide bonds. The van der Waals surface area contributed by atoms with E-state index in [-0.39, 0.29) is 23.8 Å². The lowest BCUT2D eigenvalue weighted by Gasteiger charge is -2.11. The normalized spacial score (nSPS) is 10.7. The molecule has 146 valence electrons. The number of aryl methyl sites for hydroxylation is 1. The van der Waals surface area contributed by atoms with Crippen molar-refractivity contribution in [1.82, 2.24) is 14.5 Å². The van der Waals surface area contributed by atoms with Gasteiger partial charge in [-0.1, -0.05) is 12.1 Å². The second kappa shape index (κ2) is 7.99. The molecule has 0 spiro atoms. The van der Waals surface area contributed by atoms with Crippen LogP contribution in [0.1, 0.15) is 5.56 Å². The molecule has 0 aliphatic heterocycles. The summed E-state index contributed by atoms with van der Waals surface area (Å²) in [5.41, 5.74) is 0.727. The SMILES string of the molecule is CNC(=O)COc1ccc(COc2ccc3c(c2)c(=O)n(C)c(=O)n3C)cc1. The third kappa shape index (κ3) is 3.90. The van der Waals surface area contributed by atoms with Crippen molar-refractivity contribution < 1.29 is 14.3 Å². The van der Waals surface area contributed by atoms with Crippen LogP contribution in [-0.2, 0) is 25.5 Å². The Morgan fingerprint density at radius 2 is 1.64 bits per heavy atom. The van der Waals surface area contributed by atoms with Crippen molar-refractivity contribution in [3.63, 3.8) is 0 Å². The molecule has 0 atom stereocenters. The molecule has 1 aromatic heterocycles. The highest BCUT2D eigenvalue weighted by Gasteiger charge is 2.09. The minimum absolute atomic E-state index is 0.0408. The number of rotatable bonds is 6. The van der Waals surface area contributed by atoms with E-state index in [9.17, 15) is 14.4 Å². The maximum Gasteiger partial charge on any atom is 0.330 e. The molecule has 1 heterocycles. The quantitative estimate of drug-likeness (QED) is 0.684. The summed E-state index contributed by atoms with van der Waals surface area (Å²) >= 11 is 0. The van der Waals surface area contributed by atoms with Crippen molar-refractivity contribution in [2.45, 2.75) is 6.61 Å². The lowest BCUT2D eigenvalue weighted by Crippen LogP contribution is -2.36. The van der Waals surface area contributed by atoms with Crippen LogP contribution in [0.2, 0.25) is 0 Å². The largest absolute Gasteiger partial charge is 0.489 e. The molecule has 0 fully saturated rings. The lowest BCUT2D eigenvalue weighted by atomic mass is 10.2. The Kier molecular flexibility index (Phi) is 5.49. The van der Waals surface area contributed by atoms with E-state index in [1.54, 1.807) is 44.4 Å². The Morgan fingerprint density at radius 3 is 2.32 bits per heavy atom. The summed E-state index contributed by atoms with van der Waals surface area (Å²) in [5.74, 6) is 0.915. The highest BCUT2D eigenvalue weighted by Crippen LogP contribution is 2.19. The zero-order valence-corrected chi connectivity index (χ0v) is 15.9. The molecule has 0 saturated carbocycles. The number of amides is 1. The fourth-order valence-electron chi connectivity index (χ4n) is 2.73. The summed E-state index contributed by atoms with van der Waals surface area (Å²) in [5, 5.41) is 2.90. The van der Waals surface area contributed by atoms with Gasteiger partial charge in [0, 0.05) is 21.1 Å². The molecule has 1 N–H and O–H groups in total. The van der Waals surface area contributed by atoms with Gasteiger partial charge in [0.2, 0.25) is 0 Å². The fourth-order valence-corrected chi connectivity index (χ4v) is 2.73. The van der Waals surface area contributed by atoms with E-state index >= 15 is 0 Å². The van der Waals surface area contributed by atoms with Crippen LogP contribution in [0.5, 0.6) is 11.5 Å². The summed E-state index contributed by atoms with van der Waals surface area (Å²) < 4.78 is 13.6. The highest BCUT2D eigenvalue weighted by molar-refractivity contribution is 5.79. The number of hydrogen-bond donors (Lipinski definition) is 1. The molecule has 0 radical (unpaired) electrons. The fraction of sp³-hybridized carbons (Fsp3) is 0.250. The average molecular weight is 383 g/mol. The lowest BCUT2D eigenvalue weighted by molar-refractivity contribution is -0.122. The summed E-state index contributed by atoms with van der Waals surface area (Å²) in [7, 11) is 4.62. The monoisotopic (exact) mass is 383 g/mol. The Morgan fingerprint density at radius 1 is 0.964 bits per heavy atom. The molecule has 0 unspecified atom stereocenters. The van der Waals surface area contributed by atoms with Crippen LogP contribution < -0.4 is 26.0 Å². The van der Waals surface area contributed by atoms with Gasteiger partial charge in [0.15, 0.2) is 6.61 Å². The molecule has 0 saturated heterocycles. The van der Waals surface area contributed by atoms with Crippen LogP contribution in [0.15, 0.2) is 52.1 Å². The third-order valence-corrected chi connectivity index (χ3v) is 4.42. The second-order valence-electron chi connectivity index (χ2n) is 6.28. The standard InChI is InChI=1S/C20H21N3O5/c1-21-18(24)12-28-14-6-4-13(5-7-14)11-27-15-8-9-17-16(10-15)19(25)23(3)20(26)22(17)2/h4-10H,11-12H2,1-3H3,(H,21,24). The number of hydrogen-bond acceptors (Lipinski definition) is 5. The van der Waals surface area contributed by atoms with Gasteiger partial charge in [0.1, 0.15) is 18.1 Å². The van der Waals surface area contributed by atoms with Gasteiger partial charge < -0.3 is 14.8 Å². The van der Waals surface area contributed by atoms with Crippen molar-refractivity contribution in [1.29, 1.82) is 0 Å². The maximum atomic E-state index is 12.3. The molecule has 0 aliphatic carbocycles. The van der Waals surface area contributed by atoms with Gasteiger partial charge in [0.05, 0.1) is 10.9 Å². The van der Waals surface area contributed by atoms with Gasteiger partial charge in [-0.3, -0.25) is 18.7 Å². The number of likely N-dealkylation sites (N-methyl/N-ethyl adjacent to an activating group) is 1. The first-order chi connectivity index (χ1) is 13.4. The predicted molar refractivity (Wildman–Crippen MR) is 105 cm³/mol. The Hall–Kier alpha value is -3.55. The van der Waals surface area contributed by atoms with E-state index in [0.29, 0.717) is 29.0 Å². The number of fused-ring (bicyclic) bond motifs is 1. The van der Waals surface area contributed by atoms with Crippen LogP contribution >= 0.6 is 0 Å². The van der Waals surface area contributed by atoms with Gasteiger partial charge in [-0.25, -0.2) is 4.79 Å². The van der Waals surface area contributed by atoms with Crippen molar-refractivity contribution in [2.75, 3.05) is 13.7 Å². The van der Waals surface area contributed by atoms with Gasteiger partial charge in [-0.05, 0) is 35.9 Å². The van der Waals surface area contributed by atoms with Crippen molar-refractivity contribution in [2.24, 2.45) is 14.1 Å². The van der Waals surface area contributed by atoms with Crippen LogP contribution in [0.3, 0.4) is 0 Å². The minimum atomic E-state index is -0.370. The first-order valence-electron chi connectivity index (χ1n) is 8.65. The molecular weight excluding hydrogens is 362 g/mol. The van der Waals surface area contributed by atoms with Gasteiger partial charge in [-0.15, -0.1) is 0 Å². The molecule has 3 aromatic rings. The number of benzene rings is 2. The van der Waals surface area contributed by atoms with Crippen molar-refractivity contribution in [3.05, 3.63) is 68.9 Å². The first-order valence-corrected chi connectivity index (χ1v) is 8.65. The zero-order chi connectivity index (χ0) is 20.3. The van der Waals surface area contributed by atoms with E-state index < -0.39 is 0 Å². The molecule has 0 bridgehead atoms. The minimum Gasteiger partial charge on any atom is -0.489 e.